The van der Waals surface area contributed by atoms with E-state index in [1.54, 1.807) is 0 Å². The highest BCUT2D eigenvalue weighted by atomic mass is 32.1. The smallest absolute Gasteiger partial charge is 0.251 e. The van der Waals surface area contributed by atoms with Gasteiger partial charge in [0.25, 0.3) is 5.91 Å². The highest BCUT2D eigenvalue weighted by Crippen LogP contribution is 2.18. The molecule has 26 heavy (non-hydrogen) atoms. The number of carbonyl (C=O) groups excluding carboxylic acids is 1. The summed E-state index contributed by atoms with van der Waals surface area (Å²) in [5.41, 5.74) is 3.06. The van der Waals surface area contributed by atoms with Crippen LogP contribution in [0.15, 0.2) is 54.6 Å². The summed E-state index contributed by atoms with van der Waals surface area (Å²) in [7, 11) is 0. The van der Waals surface area contributed by atoms with E-state index >= 15 is 0 Å². The lowest BCUT2D eigenvalue weighted by Crippen LogP contribution is -2.47. The summed E-state index contributed by atoms with van der Waals surface area (Å²) in [6, 6.07) is 17.8. The Hall–Kier alpha value is -2.40. The van der Waals surface area contributed by atoms with Crippen molar-refractivity contribution in [3.63, 3.8) is 0 Å². The second-order valence-corrected chi connectivity index (χ2v) is 6.93. The zero-order valence-electron chi connectivity index (χ0n) is 15.1. The highest BCUT2D eigenvalue weighted by molar-refractivity contribution is 7.80. The van der Waals surface area contributed by atoms with Gasteiger partial charge in [-0.15, -0.1) is 0 Å². The molecule has 1 aliphatic rings. The molecule has 1 aliphatic heterocycles. The molecule has 0 atom stereocenters. The second-order valence-electron chi connectivity index (χ2n) is 6.54. The number of hydrogen-bond acceptors (Lipinski definition) is 2. The number of benzene rings is 2. The molecule has 1 saturated heterocycles. The molecule has 1 heterocycles. The summed E-state index contributed by atoms with van der Waals surface area (Å²) < 4.78 is 0. The summed E-state index contributed by atoms with van der Waals surface area (Å²) in [6.45, 7) is 3.84. The van der Waals surface area contributed by atoms with Gasteiger partial charge in [-0.1, -0.05) is 43.3 Å². The fourth-order valence-corrected chi connectivity index (χ4v) is 3.52. The van der Waals surface area contributed by atoms with E-state index in [1.807, 2.05) is 42.5 Å². The Labute approximate surface area is 160 Å². The second kappa shape index (κ2) is 8.81. The zero-order chi connectivity index (χ0) is 18.4. The fourth-order valence-electron chi connectivity index (χ4n) is 3.23. The molecule has 3 rings (SSSR count). The van der Waals surface area contributed by atoms with E-state index in [-0.39, 0.29) is 11.9 Å². The van der Waals surface area contributed by atoms with Crippen molar-refractivity contribution in [1.82, 2.24) is 10.2 Å². The standard InChI is InChI=1S/C21H25N3OS/c1-2-16-8-6-7-11-19(16)23-21(26)24-14-12-18(13-15-24)22-20(25)17-9-4-3-5-10-17/h3-11,18H,2,12-15H2,1H3,(H,22,25)(H,23,26). The van der Waals surface area contributed by atoms with Gasteiger partial charge < -0.3 is 15.5 Å². The summed E-state index contributed by atoms with van der Waals surface area (Å²) >= 11 is 5.59. The van der Waals surface area contributed by atoms with Gasteiger partial charge in [0.2, 0.25) is 0 Å². The van der Waals surface area contributed by atoms with Gasteiger partial charge in [-0.3, -0.25) is 4.79 Å². The van der Waals surface area contributed by atoms with Crippen LogP contribution in [0.1, 0.15) is 35.7 Å². The minimum absolute atomic E-state index is 0.00150. The average molecular weight is 368 g/mol. The molecule has 0 aliphatic carbocycles. The highest BCUT2D eigenvalue weighted by Gasteiger charge is 2.22. The first kappa shape index (κ1) is 18.4. The molecule has 2 aromatic carbocycles. The SMILES string of the molecule is CCc1ccccc1NC(=S)N1CCC(NC(=O)c2ccccc2)CC1. The molecular formula is C21H25N3OS. The summed E-state index contributed by atoms with van der Waals surface area (Å²) in [5, 5.41) is 7.28. The number of thiocarbonyl (C=S) groups is 1. The number of carbonyl (C=O) groups is 1. The number of para-hydroxylation sites is 1. The maximum atomic E-state index is 12.3. The number of amides is 1. The van der Waals surface area contributed by atoms with E-state index in [4.69, 9.17) is 12.2 Å². The van der Waals surface area contributed by atoms with E-state index < -0.39 is 0 Å². The monoisotopic (exact) mass is 367 g/mol. The van der Waals surface area contributed by atoms with Crippen LogP contribution in [-0.4, -0.2) is 35.1 Å². The van der Waals surface area contributed by atoms with Crippen molar-refractivity contribution in [2.24, 2.45) is 0 Å². The van der Waals surface area contributed by atoms with Gasteiger partial charge in [-0.05, 0) is 55.2 Å². The summed E-state index contributed by atoms with van der Waals surface area (Å²) in [5.74, 6) is 0.00150. The minimum Gasteiger partial charge on any atom is -0.349 e. The van der Waals surface area contributed by atoms with Crippen LogP contribution in [0.5, 0.6) is 0 Å². The molecule has 0 aromatic heterocycles. The number of piperidine rings is 1. The summed E-state index contributed by atoms with van der Waals surface area (Å²) in [4.78, 5) is 14.5. The first-order chi connectivity index (χ1) is 12.7. The third-order valence-electron chi connectivity index (χ3n) is 4.79. The first-order valence-electron chi connectivity index (χ1n) is 9.17. The van der Waals surface area contributed by atoms with Crippen molar-refractivity contribution >= 4 is 28.9 Å². The van der Waals surface area contributed by atoms with Gasteiger partial charge >= 0.3 is 0 Å². The lowest BCUT2D eigenvalue weighted by molar-refractivity contribution is 0.0922. The maximum absolute atomic E-state index is 12.3. The number of aryl methyl sites for hydroxylation is 1. The van der Waals surface area contributed by atoms with E-state index in [2.05, 4.69) is 34.6 Å². The Bertz CT molecular complexity index is 755. The van der Waals surface area contributed by atoms with Crippen molar-refractivity contribution in [2.75, 3.05) is 18.4 Å². The quantitative estimate of drug-likeness (QED) is 0.806. The maximum Gasteiger partial charge on any atom is 0.251 e. The molecule has 2 aromatic rings. The van der Waals surface area contributed by atoms with E-state index in [0.29, 0.717) is 5.56 Å². The molecule has 4 nitrogen and oxygen atoms in total. The molecule has 2 N–H and O–H groups in total. The molecule has 136 valence electrons. The summed E-state index contributed by atoms with van der Waals surface area (Å²) in [6.07, 6.45) is 2.77. The van der Waals surface area contributed by atoms with Gasteiger partial charge in [-0.2, -0.15) is 0 Å². The van der Waals surface area contributed by atoms with Crippen molar-refractivity contribution in [1.29, 1.82) is 0 Å². The van der Waals surface area contributed by atoms with Crippen molar-refractivity contribution in [2.45, 2.75) is 32.2 Å². The minimum atomic E-state index is 0.00150. The Morgan fingerprint density at radius 3 is 2.42 bits per heavy atom. The third kappa shape index (κ3) is 4.61. The van der Waals surface area contributed by atoms with E-state index in [1.165, 1.54) is 5.56 Å². The normalized spacial score (nSPS) is 14.7. The van der Waals surface area contributed by atoms with Crippen LogP contribution in [0.25, 0.3) is 0 Å². The molecule has 1 amide bonds. The lowest BCUT2D eigenvalue weighted by atomic mass is 10.0. The molecule has 1 fully saturated rings. The van der Waals surface area contributed by atoms with Crippen LogP contribution in [0.3, 0.4) is 0 Å². The Morgan fingerprint density at radius 2 is 1.73 bits per heavy atom. The zero-order valence-corrected chi connectivity index (χ0v) is 15.9. The van der Waals surface area contributed by atoms with E-state index in [9.17, 15) is 4.79 Å². The lowest BCUT2D eigenvalue weighted by Gasteiger charge is -2.34. The number of anilines is 1. The fraction of sp³-hybridized carbons (Fsp3) is 0.333. The first-order valence-corrected chi connectivity index (χ1v) is 9.58. The molecule has 0 spiro atoms. The van der Waals surface area contributed by atoms with Crippen LogP contribution in [0, 0.1) is 0 Å². The number of nitrogens with one attached hydrogen (secondary N) is 2. The predicted molar refractivity (Wildman–Crippen MR) is 111 cm³/mol. The molecule has 0 bridgehead atoms. The largest absolute Gasteiger partial charge is 0.349 e. The Balaban J connectivity index is 1.50. The van der Waals surface area contributed by atoms with Crippen molar-refractivity contribution < 1.29 is 4.79 Å². The van der Waals surface area contributed by atoms with Gasteiger partial charge in [0.1, 0.15) is 0 Å². The van der Waals surface area contributed by atoms with Crippen LogP contribution < -0.4 is 10.6 Å². The number of rotatable bonds is 4. The number of hydrogen-bond donors (Lipinski definition) is 2. The van der Waals surface area contributed by atoms with E-state index in [0.717, 1.165) is 43.2 Å². The molecule has 0 radical (unpaired) electrons. The van der Waals surface area contributed by atoms with Crippen LogP contribution in [0.4, 0.5) is 5.69 Å². The predicted octanol–water partition coefficient (Wildman–Crippen LogP) is 3.84. The average Bonchev–Trinajstić information content (AvgIpc) is 2.69. The topological polar surface area (TPSA) is 44.4 Å². The van der Waals surface area contributed by atoms with Crippen molar-refractivity contribution in [3.05, 3.63) is 65.7 Å². The van der Waals surface area contributed by atoms with Crippen molar-refractivity contribution in [3.8, 4) is 0 Å². The number of likely N-dealkylation sites (tertiary alicyclic amines) is 1. The van der Waals surface area contributed by atoms with Crippen LogP contribution >= 0.6 is 12.2 Å². The molecular weight excluding hydrogens is 342 g/mol. The number of nitrogens with zero attached hydrogens (tertiary/aromatic N) is 1. The van der Waals surface area contributed by atoms with Gasteiger partial charge in [0.05, 0.1) is 0 Å². The third-order valence-corrected chi connectivity index (χ3v) is 5.15. The Morgan fingerprint density at radius 1 is 1.08 bits per heavy atom. The van der Waals surface area contributed by atoms with Gasteiger partial charge in [0.15, 0.2) is 5.11 Å². The van der Waals surface area contributed by atoms with Crippen LogP contribution in [0.2, 0.25) is 0 Å². The van der Waals surface area contributed by atoms with Gasteiger partial charge in [0, 0.05) is 30.4 Å². The molecule has 0 unspecified atom stereocenters. The molecule has 5 heteroatoms. The van der Waals surface area contributed by atoms with Crippen LogP contribution in [-0.2, 0) is 6.42 Å². The van der Waals surface area contributed by atoms with Gasteiger partial charge in [-0.25, -0.2) is 0 Å². The Kier molecular flexibility index (Phi) is 6.23. The molecule has 0 saturated carbocycles.